The van der Waals surface area contributed by atoms with E-state index in [-0.39, 0.29) is 4.75 Å². The largest absolute Gasteiger partial charge is 0.287 e. The zero-order valence-corrected chi connectivity index (χ0v) is 23.8. The first-order valence-electron chi connectivity index (χ1n) is 14.0. The molecule has 0 spiro atoms. The van der Waals surface area contributed by atoms with E-state index in [0.29, 0.717) is 0 Å². The zero-order valence-electron chi connectivity index (χ0n) is 23.0. The summed E-state index contributed by atoms with van der Waals surface area (Å²) in [6, 6.07) is 48.5. The van der Waals surface area contributed by atoms with Crippen LogP contribution in [0.5, 0.6) is 0 Å². The van der Waals surface area contributed by atoms with Crippen LogP contribution in [0.25, 0.3) is 60.9 Å². The Morgan fingerprint density at radius 3 is 1.98 bits per heavy atom. The summed E-state index contributed by atoms with van der Waals surface area (Å²) >= 11 is 1.84. The van der Waals surface area contributed by atoms with Crippen molar-refractivity contribution < 1.29 is 0 Å². The van der Waals surface area contributed by atoms with E-state index >= 15 is 0 Å². The van der Waals surface area contributed by atoms with Crippen molar-refractivity contribution in [2.75, 3.05) is 0 Å². The summed E-state index contributed by atoms with van der Waals surface area (Å²) in [5.74, 6) is 0. The molecule has 1 aromatic heterocycles. The molecule has 2 heterocycles. The van der Waals surface area contributed by atoms with Crippen LogP contribution in [0.15, 0.2) is 139 Å². The third kappa shape index (κ3) is 4.08. The number of nitrogens with zero attached hydrogens (tertiary/aromatic N) is 2. The second kappa shape index (κ2) is 9.22. The van der Waals surface area contributed by atoms with E-state index in [4.69, 9.17) is 4.98 Å². The smallest absolute Gasteiger partial charge is 0.174 e. The van der Waals surface area contributed by atoms with E-state index in [0.717, 1.165) is 16.2 Å². The average molecular weight is 545 g/mol. The second-order valence-electron chi connectivity index (χ2n) is 11.3. The van der Waals surface area contributed by atoms with Crippen LogP contribution in [0, 0.1) is 0 Å². The lowest BCUT2D eigenvalue weighted by Gasteiger charge is -2.32. The molecule has 0 saturated carbocycles. The average Bonchev–Trinajstić information content (AvgIpc) is 3.38. The number of rotatable bonds is 3. The summed E-state index contributed by atoms with van der Waals surface area (Å²) in [6.07, 6.45) is 0. The maximum atomic E-state index is 5.01. The van der Waals surface area contributed by atoms with Gasteiger partial charge >= 0.3 is 0 Å². The van der Waals surface area contributed by atoms with Crippen molar-refractivity contribution in [2.45, 2.75) is 23.8 Å². The van der Waals surface area contributed by atoms with Crippen LogP contribution < -0.4 is 0 Å². The third-order valence-corrected chi connectivity index (χ3v) is 9.41. The number of benzene rings is 6. The highest BCUT2D eigenvalue weighted by Gasteiger charge is 2.34. The highest BCUT2D eigenvalue weighted by atomic mass is 32.2. The highest BCUT2D eigenvalue weighted by Crippen LogP contribution is 2.50. The summed E-state index contributed by atoms with van der Waals surface area (Å²) in [4.78, 5) is 5.01. The molecule has 0 bridgehead atoms. The summed E-state index contributed by atoms with van der Waals surface area (Å²) in [5.41, 5.74) is 12.0. The molecule has 0 fully saturated rings. The van der Waals surface area contributed by atoms with E-state index in [2.05, 4.69) is 152 Å². The van der Waals surface area contributed by atoms with Gasteiger partial charge in [-0.05, 0) is 106 Å². The molecule has 8 rings (SSSR count). The van der Waals surface area contributed by atoms with E-state index in [1.165, 1.54) is 55.4 Å². The molecule has 2 nitrogen and oxygen atoms in total. The Bertz CT molecular complexity index is 2100. The van der Waals surface area contributed by atoms with Gasteiger partial charge < -0.3 is 0 Å². The van der Waals surface area contributed by atoms with Gasteiger partial charge in [-0.25, -0.2) is 4.98 Å². The van der Waals surface area contributed by atoms with Gasteiger partial charge in [0.25, 0.3) is 0 Å². The number of aromatic nitrogens is 2. The minimum absolute atomic E-state index is 0.0760. The molecule has 0 aliphatic carbocycles. The van der Waals surface area contributed by atoms with Crippen molar-refractivity contribution in [3.8, 4) is 39.1 Å². The van der Waals surface area contributed by atoms with Crippen LogP contribution in [0.2, 0.25) is 0 Å². The van der Waals surface area contributed by atoms with Gasteiger partial charge in [0.2, 0.25) is 0 Å². The van der Waals surface area contributed by atoms with Crippen LogP contribution in [-0.4, -0.2) is 9.55 Å². The van der Waals surface area contributed by atoms with E-state index in [1.807, 2.05) is 11.8 Å². The number of hydrogen-bond donors (Lipinski definition) is 0. The Morgan fingerprint density at radius 2 is 1.17 bits per heavy atom. The molecule has 7 aromatic rings. The van der Waals surface area contributed by atoms with Crippen LogP contribution in [0.4, 0.5) is 0 Å². The van der Waals surface area contributed by atoms with E-state index in [1.54, 1.807) is 0 Å². The van der Waals surface area contributed by atoms with Crippen LogP contribution in [0.3, 0.4) is 0 Å². The first kappa shape index (κ1) is 24.2. The maximum absolute atomic E-state index is 5.01. The van der Waals surface area contributed by atoms with Crippen molar-refractivity contribution in [2.24, 2.45) is 0 Å². The molecule has 0 amide bonds. The molecule has 0 N–H and O–H groups in total. The monoisotopic (exact) mass is 544 g/mol. The minimum atomic E-state index is -0.0760. The molecular formula is C38H28N2S. The number of imidazole rings is 1. The fraction of sp³-hybridized carbons (Fsp3) is 0.0789. The lowest BCUT2D eigenvalue weighted by molar-refractivity contribution is 0.729. The lowest BCUT2D eigenvalue weighted by atomic mass is 9.90. The van der Waals surface area contributed by atoms with Gasteiger partial charge in [-0.15, -0.1) is 0 Å². The molecule has 0 atom stereocenters. The summed E-state index contributed by atoms with van der Waals surface area (Å²) in [7, 11) is 0. The molecule has 1 aliphatic heterocycles. The first-order valence-corrected chi connectivity index (χ1v) is 14.9. The van der Waals surface area contributed by atoms with E-state index in [9.17, 15) is 0 Å². The second-order valence-corrected chi connectivity index (χ2v) is 12.9. The zero-order chi connectivity index (χ0) is 27.6. The van der Waals surface area contributed by atoms with Crippen molar-refractivity contribution >= 4 is 33.6 Å². The normalized spacial score (nSPS) is 13.7. The Kier molecular flexibility index (Phi) is 5.45. The molecule has 41 heavy (non-hydrogen) atoms. The van der Waals surface area contributed by atoms with Gasteiger partial charge in [-0.2, -0.15) is 0 Å². The third-order valence-electron chi connectivity index (χ3n) is 8.22. The lowest BCUT2D eigenvalue weighted by Crippen LogP contribution is -2.21. The van der Waals surface area contributed by atoms with Crippen molar-refractivity contribution in [1.29, 1.82) is 0 Å². The van der Waals surface area contributed by atoms with Gasteiger partial charge in [0, 0.05) is 4.75 Å². The molecule has 0 saturated heterocycles. The molecule has 3 heteroatoms. The van der Waals surface area contributed by atoms with Crippen molar-refractivity contribution in [3.05, 3.63) is 139 Å². The van der Waals surface area contributed by atoms with Crippen LogP contribution >= 0.6 is 11.8 Å². The van der Waals surface area contributed by atoms with Crippen molar-refractivity contribution in [3.63, 3.8) is 0 Å². The molecule has 196 valence electrons. The topological polar surface area (TPSA) is 17.8 Å². The molecule has 0 radical (unpaired) electrons. The van der Waals surface area contributed by atoms with Gasteiger partial charge in [0.15, 0.2) is 5.16 Å². The Morgan fingerprint density at radius 1 is 0.537 bits per heavy atom. The predicted molar refractivity (Wildman–Crippen MR) is 174 cm³/mol. The standard InChI is InChI=1S/C38H28N2S/c1-38(2)33-19-18-29(24-36(33)40-35-15-9-8-14-34(35)39-37(40)41-38)32-22-30(25-10-4-3-5-11-25)21-31(23-32)28-17-16-26-12-6-7-13-27(26)20-28/h3-24H,1-2H3. The van der Waals surface area contributed by atoms with Gasteiger partial charge in [-0.3, -0.25) is 4.57 Å². The Labute approximate surface area is 244 Å². The fourth-order valence-electron chi connectivity index (χ4n) is 6.12. The predicted octanol–water partition coefficient (Wildman–Crippen LogP) is 10.5. The van der Waals surface area contributed by atoms with Gasteiger partial charge in [0.05, 0.1) is 16.7 Å². The molecular weight excluding hydrogens is 516 g/mol. The molecule has 6 aromatic carbocycles. The number of fused-ring (bicyclic) bond motifs is 6. The molecule has 1 aliphatic rings. The number of thioether (sulfide) groups is 1. The quantitative estimate of drug-likeness (QED) is 0.220. The Hall–Kier alpha value is -4.60. The molecule has 0 unspecified atom stereocenters. The van der Waals surface area contributed by atoms with Gasteiger partial charge in [0.1, 0.15) is 0 Å². The van der Waals surface area contributed by atoms with E-state index < -0.39 is 0 Å². The SMILES string of the molecule is CC1(C)Sc2nc3ccccc3n2-c2cc(-c3cc(-c4ccccc4)cc(-c4ccc5ccccc5c4)c3)ccc21. The summed E-state index contributed by atoms with van der Waals surface area (Å²) < 4.78 is 2.27. The number of para-hydroxylation sites is 2. The number of hydrogen-bond acceptors (Lipinski definition) is 2. The van der Waals surface area contributed by atoms with Gasteiger partial charge in [-0.1, -0.05) is 103 Å². The highest BCUT2D eigenvalue weighted by molar-refractivity contribution is 8.00. The fourth-order valence-corrected chi connectivity index (χ4v) is 7.29. The summed E-state index contributed by atoms with van der Waals surface area (Å²) in [5, 5.41) is 3.56. The van der Waals surface area contributed by atoms with Crippen molar-refractivity contribution in [1.82, 2.24) is 9.55 Å². The first-order chi connectivity index (χ1) is 20.0. The van der Waals surface area contributed by atoms with Crippen LogP contribution in [0.1, 0.15) is 19.4 Å². The minimum Gasteiger partial charge on any atom is -0.287 e. The Balaban J connectivity index is 1.35. The summed E-state index contributed by atoms with van der Waals surface area (Å²) in [6.45, 7) is 4.60. The van der Waals surface area contributed by atoms with Crippen LogP contribution in [-0.2, 0) is 4.75 Å². The maximum Gasteiger partial charge on any atom is 0.174 e.